The zero-order valence-corrected chi connectivity index (χ0v) is 14.0. The number of hydrogen-bond acceptors (Lipinski definition) is 4. The van der Waals surface area contributed by atoms with E-state index >= 15 is 0 Å². The normalized spacial score (nSPS) is 11.6. The summed E-state index contributed by atoms with van der Waals surface area (Å²) in [5.74, 6) is 1.13. The van der Waals surface area contributed by atoms with E-state index < -0.39 is 10.0 Å². The Morgan fingerprint density at radius 3 is 2.61 bits per heavy atom. The molecule has 0 radical (unpaired) electrons. The standard InChI is InChI=1S/C16H20N4O2S/c1-13(2)12-20-10-9-18-16(20)11-19-23(21,22)15-5-3-14(4-6-15)7-8-17/h3-6,9-10,13,19H,7,11-12H2,1-2H3. The van der Waals surface area contributed by atoms with Crippen molar-refractivity contribution in [3.63, 3.8) is 0 Å². The molecule has 0 amide bonds. The Morgan fingerprint density at radius 1 is 1.30 bits per heavy atom. The lowest BCUT2D eigenvalue weighted by Gasteiger charge is -2.11. The fourth-order valence-corrected chi connectivity index (χ4v) is 3.17. The molecule has 1 heterocycles. The molecule has 0 saturated carbocycles. The second-order valence-electron chi connectivity index (χ2n) is 5.69. The first-order valence-electron chi connectivity index (χ1n) is 7.38. The molecule has 122 valence electrons. The number of sulfonamides is 1. The van der Waals surface area contributed by atoms with E-state index in [-0.39, 0.29) is 17.9 Å². The van der Waals surface area contributed by atoms with E-state index in [0.717, 1.165) is 12.1 Å². The first-order chi connectivity index (χ1) is 10.9. The van der Waals surface area contributed by atoms with Crippen molar-refractivity contribution in [1.82, 2.24) is 14.3 Å². The lowest BCUT2D eigenvalue weighted by atomic mass is 10.2. The molecule has 1 aromatic heterocycles. The highest BCUT2D eigenvalue weighted by molar-refractivity contribution is 7.89. The Morgan fingerprint density at radius 2 is 2.00 bits per heavy atom. The first-order valence-corrected chi connectivity index (χ1v) is 8.86. The molecule has 2 rings (SSSR count). The number of hydrogen-bond donors (Lipinski definition) is 1. The van der Waals surface area contributed by atoms with Crippen molar-refractivity contribution in [2.24, 2.45) is 5.92 Å². The first kappa shape index (κ1) is 17.2. The van der Waals surface area contributed by atoms with Crippen LogP contribution in [0.1, 0.15) is 25.2 Å². The highest BCUT2D eigenvalue weighted by Crippen LogP contribution is 2.12. The lowest BCUT2D eigenvalue weighted by Crippen LogP contribution is -2.25. The maximum absolute atomic E-state index is 12.3. The van der Waals surface area contributed by atoms with E-state index in [1.165, 1.54) is 12.1 Å². The molecule has 0 fully saturated rings. The van der Waals surface area contributed by atoms with Crippen LogP contribution in [-0.2, 0) is 29.5 Å². The summed E-state index contributed by atoms with van der Waals surface area (Å²) in [5.41, 5.74) is 0.791. The molecule has 0 aliphatic carbocycles. The molecule has 2 aromatic rings. The average Bonchev–Trinajstić information content (AvgIpc) is 2.93. The van der Waals surface area contributed by atoms with Gasteiger partial charge in [-0.1, -0.05) is 26.0 Å². The third kappa shape index (κ3) is 4.65. The maximum Gasteiger partial charge on any atom is 0.240 e. The van der Waals surface area contributed by atoms with Crippen molar-refractivity contribution in [1.29, 1.82) is 5.26 Å². The van der Waals surface area contributed by atoms with E-state index in [1.54, 1.807) is 18.3 Å². The van der Waals surface area contributed by atoms with E-state index in [1.807, 2.05) is 16.8 Å². The van der Waals surface area contributed by atoms with Crippen molar-refractivity contribution in [3.8, 4) is 6.07 Å². The van der Waals surface area contributed by atoms with Gasteiger partial charge >= 0.3 is 0 Å². The van der Waals surface area contributed by atoms with Crippen LogP contribution in [0.3, 0.4) is 0 Å². The van der Waals surface area contributed by atoms with Crippen molar-refractivity contribution < 1.29 is 8.42 Å². The van der Waals surface area contributed by atoms with Gasteiger partial charge in [0.05, 0.1) is 23.9 Å². The lowest BCUT2D eigenvalue weighted by molar-refractivity contribution is 0.502. The van der Waals surface area contributed by atoms with E-state index in [4.69, 9.17) is 5.26 Å². The van der Waals surface area contributed by atoms with E-state index in [0.29, 0.717) is 11.7 Å². The van der Waals surface area contributed by atoms with E-state index in [9.17, 15) is 8.42 Å². The zero-order chi connectivity index (χ0) is 16.9. The summed E-state index contributed by atoms with van der Waals surface area (Å²) in [6.45, 7) is 5.12. The minimum absolute atomic E-state index is 0.141. The summed E-state index contributed by atoms with van der Waals surface area (Å²) in [5, 5.41) is 8.64. The molecule has 0 unspecified atom stereocenters. The maximum atomic E-state index is 12.3. The number of aromatic nitrogens is 2. The van der Waals surface area contributed by atoms with Crippen LogP contribution < -0.4 is 4.72 Å². The van der Waals surface area contributed by atoms with Gasteiger partial charge in [0.2, 0.25) is 10.0 Å². The summed E-state index contributed by atoms with van der Waals surface area (Å²) < 4.78 is 29.1. The summed E-state index contributed by atoms with van der Waals surface area (Å²) in [6, 6.07) is 8.35. The Hall–Kier alpha value is -2.17. The van der Waals surface area contributed by atoms with Crippen molar-refractivity contribution in [2.45, 2.75) is 38.3 Å². The van der Waals surface area contributed by atoms with Gasteiger partial charge in [0.1, 0.15) is 5.82 Å². The second-order valence-corrected chi connectivity index (χ2v) is 7.46. The molecule has 0 bridgehead atoms. The average molecular weight is 332 g/mol. The largest absolute Gasteiger partial charge is 0.334 e. The molecule has 1 aromatic carbocycles. The fourth-order valence-electron chi connectivity index (χ4n) is 2.19. The minimum atomic E-state index is -3.60. The Kier molecular flexibility index (Phi) is 5.53. The number of imidazole rings is 1. The Balaban J connectivity index is 2.07. The Bertz CT molecular complexity index is 786. The summed E-state index contributed by atoms with van der Waals surface area (Å²) in [4.78, 5) is 4.39. The quantitative estimate of drug-likeness (QED) is 0.841. The van der Waals surface area contributed by atoms with Gasteiger partial charge in [-0.3, -0.25) is 0 Å². The smallest absolute Gasteiger partial charge is 0.240 e. The molecule has 1 N–H and O–H groups in total. The van der Waals surface area contributed by atoms with Crippen LogP contribution in [0.15, 0.2) is 41.6 Å². The molecule has 0 aliphatic rings. The third-order valence-corrected chi connectivity index (χ3v) is 4.72. The van der Waals surface area contributed by atoms with Gasteiger partial charge in [0.15, 0.2) is 0 Å². The molecule has 7 heteroatoms. The number of rotatable bonds is 7. The number of nitriles is 1. The van der Waals surface area contributed by atoms with Crippen LogP contribution in [0.5, 0.6) is 0 Å². The number of benzene rings is 1. The predicted octanol–water partition coefficient (Wildman–Crippen LogP) is 2.08. The minimum Gasteiger partial charge on any atom is -0.334 e. The predicted molar refractivity (Wildman–Crippen MR) is 86.8 cm³/mol. The van der Waals surface area contributed by atoms with E-state index in [2.05, 4.69) is 23.6 Å². The summed E-state index contributed by atoms with van der Waals surface area (Å²) >= 11 is 0. The SMILES string of the molecule is CC(C)Cn1ccnc1CNS(=O)(=O)c1ccc(CC#N)cc1. The van der Waals surface area contributed by atoms with Crippen LogP contribution in [0, 0.1) is 17.2 Å². The number of nitrogens with zero attached hydrogens (tertiary/aromatic N) is 3. The topological polar surface area (TPSA) is 87.8 Å². The van der Waals surface area contributed by atoms with Crippen LogP contribution in [0.2, 0.25) is 0 Å². The molecular formula is C16H20N4O2S. The van der Waals surface area contributed by atoms with Gasteiger partial charge in [0.25, 0.3) is 0 Å². The Labute approximate surface area is 136 Å². The highest BCUT2D eigenvalue weighted by atomic mass is 32.2. The van der Waals surface area contributed by atoms with Crippen LogP contribution in [-0.4, -0.2) is 18.0 Å². The fraction of sp³-hybridized carbons (Fsp3) is 0.375. The van der Waals surface area contributed by atoms with Gasteiger partial charge in [-0.15, -0.1) is 0 Å². The van der Waals surface area contributed by atoms with Gasteiger partial charge in [-0.05, 0) is 23.6 Å². The molecule has 23 heavy (non-hydrogen) atoms. The van der Waals surface area contributed by atoms with Crippen LogP contribution in [0.4, 0.5) is 0 Å². The van der Waals surface area contributed by atoms with Gasteiger partial charge in [-0.25, -0.2) is 18.1 Å². The van der Waals surface area contributed by atoms with Crippen molar-refractivity contribution in [3.05, 3.63) is 48.0 Å². The van der Waals surface area contributed by atoms with Gasteiger partial charge < -0.3 is 4.57 Å². The summed E-state index contributed by atoms with van der Waals surface area (Å²) in [7, 11) is -3.60. The van der Waals surface area contributed by atoms with Crippen LogP contribution in [0.25, 0.3) is 0 Å². The summed E-state index contributed by atoms with van der Waals surface area (Å²) in [6.07, 6.45) is 3.78. The second kappa shape index (κ2) is 7.40. The molecular weight excluding hydrogens is 312 g/mol. The molecule has 6 nitrogen and oxygen atoms in total. The molecule has 0 saturated heterocycles. The van der Waals surface area contributed by atoms with Crippen LogP contribution >= 0.6 is 0 Å². The highest BCUT2D eigenvalue weighted by Gasteiger charge is 2.15. The molecule has 0 aliphatic heterocycles. The van der Waals surface area contributed by atoms with Gasteiger partial charge in [-0.2, -0.15) is 5.26 Å². The van der Waals surface area contributed by atoms with Crippen molar-refractivity contribution >= 4 is 10.0 Å². The third-order valence-electron chi connectivity index (χ3n) is 3.30. The molecule has 0 atom stereocenters. The van der Waals surface area contributed by atoms with Gasteiger partial charge in [0, 0.05) is 18.9 Å². The zero-order valence-electron chi connectivity index (χ0n) is 13.2. The monoisotopic (exact) mass is 332 g/mol. The number of nitrogens with one attached hydrogen (secondary N) is 1. The molecule has 0 spiro atoms. The van der Waals surface area contributed by atoms with Crippen molar-refractivity contribution in [2.75, 3.05) is 0 Å².